The number of carbonyl (C=O) groups is 1. The molecular weight excluding hydrogens is 258 g/mol. The molecule has 0 unspecified atom stereocenters. The first kappa shape index (κ1) is 13.6. The Morgan fingerprint density at radius 2 is 2.40 bits per heavy atom. The molecule has 0 aromatic carbocycles. The van der Waals surface area contributed by atoms with Crippen LogP contribution < -0.4 is 5.32 Å². The van der Waals surface area contributed by atoms with E-state index in [1.54, 1.807) is 6.07 Å². The van der Waals surface area contributed by atoms with Crippen LogP contribution in [0.3, 0.4) is 0 Å². The van der Waals surface area contributed by atoms with Crippen molar-refractivity contribution in [1.82, 2.24) is 30.9 Å². The van der Waals surface area contributed by atoms with Crippen molar-refractivity contribution in [2.45, 2.75) is 25.8 Å². The average molecular weight is 271 g/mol. The SMILES string of the molecule is CCC[C@@H](NC(=O)c1ccc(C#N)cn1)c1nn[nH]n1. The van der Waals surface area contributed by atoms with Crippen molar-refractivity contribution in [2.24, 2.45) is 0 Å². The second-order valence-corrected chi connectivity index (χ2v) is 4.13. The van der Waals surface area contributed by atoms with E-state index in [0.29, 0.717) is 17.8 Å². The predicted octanol–water partition coefficient (Wildman–Crippen LogP) is 0.738. The molecule has 2 aromatic heterocycles. The molecule has 0 aliphatic carbocycles. The first-order chi connectivity index (χ1) is 9.74. The van der Waals surface area contributed by atoms with Gasteiger partial charge in [-0.1, -0.05) is 18.6 Å². The molecule has 0 spiro atoms. The average Bonchev–Trinajstić information content (AvgIpc) is 3.01. The van der Waals surface area contributed by atoms with Gasteiger partial charge in [-0.3, -0.25) is 4.79 Å². The number of aromatic amines is 1. The first-order valence-corrected chi connectivity index (χ1v) is 6.15. The third kappa shape index (κ3) is 3.14. The minimum absolute atomic E-state index is 0.244. The lowest BCUT2D eigenvalue weighted by atomic mass is 10.1. The summed E-state index contributed by atoms with van der Waals surface area (Å²) in [5.41, 5.74) is 0.651. The summed E-state index contributed by atoms with van der Waals surface area (Å²) >= 11 is 0. The van der Waals surface area contributed by atoms with Gasteiger partial charge in [-0.15, -0.1) is 10.2 Å². The number of aromatic nitrogens is 5. The second-order valence-electron chi connectivity index (χ2n) is 4.13. The molecule has 8 nitrogen and oxygen atoms in total. The fourth-order valence-corrected chi connectivity index (χ4v) is 1.70. The number of nitriles is 1. The summed E-state index contributed by atoms with van der Waals surface area (Å²) in [4.78, 5) is 16.0. The summed E-state index contributed by atoms with van der Waals surface area (Å²) < 4.78 is 0. The van der Waals surface area contributed by atoms with E-state index in [9.17, 15) is 4.79 Å². The quantitative estimate of drug-likeness (QED) is 0.827. The zero-order valence-electron chi connectivity index (χ0n) is 10.9. The van der Waals surface area contributed by atoms with Crippen LogP contribution in [0.2, 0.25) is 0 Å². The summed E-state index contributed by atoms with van der Waals surface area (Å²) in [6.07, 6.45) is 2.92. The number of amides is 1. The third-order valence-corrected chi connectivity index (χ3v) is 2.68. The van der Waals surface area contributed by atoms with Crippen LogP contribution >= 0.6 is 0 Å². The van der Waals surface area contributed by atoms with Crippen molar-refractivity contribution in [3.05, 3.63) is 35.4 Å². The van der Waals surface area contributed by atoms with Crippen LogP contribution in [0.15, 0.2) is 18.3 Å². The van der Waals surface area contributed by atoms with E-state index >= 15 is 0 Å². The van der Waals surface area contributed by atoms with Crippen molar-refractivity contribution in [2.75, 3.05) is 0 Å². The minimum atomic E-state index is -0.335. The highest BCUT2D eigenvalue weighted by Gasteiger charge is 2.19. The van der Waals surface area contributed by atoms with Gasteiger partial charge in [0.1, 0.15) is 11.8 Å². The second kappa shape index (κ2) is 6.38. The van der Waals surface area contributed by atoms with E-state index in [-0.39, 0.29) is 17.6 Å². The molecule has 0 radical (unpaired) electrons. The van der Waals surface area contributed by atoms with Crippen molar-refractivity contribution in [1.29, 1.82) is 5.26 Å². The van der Waals surface area contributed by atoms with E-state index in [1.165, 1.54) is 12.3 Å². The van der Waals surface area contributed by atoms with E-state index < -0.39 is 0 Å². The summed E-state index contributed by atoms with van der Waals surface area (Å²) in [6.45, 7) is 2.00. The highest BCUT2D eigenvalue weighted by atomic mass is 16.1. The molecule has 2 aromatic rings. The van der Waals surface area contributed by atoms with Gasteiger partial charge in [-0.05, 0) is 18.6 Å². The highest BCUT2D eigenvalue weighted by molar-refractivity contribution is 5.92. The molecule has 2 heterocycles. The predicted molar refractivity (Wildman–Crippen MR) is 68.2 cm³/mol. The molecule has 2 N–H and O–H groups in total. The molecule has 0 saturated carbocycles. The van der Waals surface area contributed by atoms with Crippen LogP contribution in [0, 0.1) is 11.3 Å². The highest BCUT2D eigenvalue weighted by Crippen LogP contribution is 2.13. The van der Waals surface area contributed by atoms with Gasteiger partial charge in [0.15, 0.2) is 5.82 Å². The Balaban J connectivity index is 2.10. The molecule has 102 valence electrons. The molecule has 20 heavy (non-hydrogen) atoms. The number of hydrogen-bond donors (Lipinski definition) is 2. The van der Waals surface area contributed by atoms with Crippen LogP contribution in [0.1, 0.15) is 47.7 Å². The standard InChI is InChI=1S/C12H13N7O/c1-2-3-9(11-16-18-19-17-11)15-12(20)10-5-4-8(6-13)7-14-10/h4-5,7,9H,2-3H2,1H3,(H,15,20)(H,16,17,18,19)/t9-/m1/s1. The van der Waals surface area contributed by atoms with Crippen molar-refractivity contribution >= 4 is 5.91 Å². The molecule has 0 fully saturated rings. The first-order valence-electron chi connectivity index (χ1n) is 6.15. The normalized spacial score (nSPS) is 11.6. The molecule has 2 rings (SSSR count). The monoisotopic (exact) mass is 271 g/mol. The van der Waals surface area contributed by atoms with Crippen LogP contribution in [0.4, 0.5) is 0 Å². The minimum Gasteiger partial charge on any atom is -0.341 e. The lowest BCUT2D eigenvalue weighted by Crippen LogP contribution is -2.30. The molecule has 0 aliphatic rings. The van der Waals surface area contributed by atoms with E-state index in [4.69, 9.17) is 5.26 Å². The van der Waals surface area contributed by atoms with Gasteiger partial charge in [0.05, 0.1) is 11.6 Å². The number of pyridine rings is 1. The fourth-order valence-electron chi connectivity index (χ4n) is 1.70. The van der Waals surface area contributed by atoms with E-state index in [1.807, 2.05) is 13.0 Å². The largest absolute Gasteiger partial charge is 0.341 e. The van der Waals surface area contributed by atoms with Crippen LogP contribution in [0.5, 0.6) is 0 Å². The zero-order chi connectivity index (χ0) is 14.4. The molecule has 0 saturated heterocycles. The van der Waals surface area contributed by atoms with Gasteiger partial charge in [-0.2, -0.15) is 10.5 Å². The van der Waals surface area contributed by atoms with Crippen molar-refractivity contribution < 1.29 is 4.79 Å². The molecular formula is C12H13N7O. The van der Waals surface area contributed by atoms with Gasteiger partial charge < -0.3 is 5.32 Å². The Hall–Kier alpha value is -2.82. The van der Waals surface area contributed by atoms with Crippen LogP contribution in [0.25, 0.3) is 0 Å². The number of rotatable bonds is 5. The Bertz CT molecular complexity index is 600. The lowest BCUT2D eigenvalue weighted by Gasteiger charge is -2.13. The van der Waals surface area contributed by atoms with Crippen LogP contribution in [-0.2, 0) is 0 Å². The van der Waals surface area contributed by atoms with Crippen LogP contribution in [-0.4, -0.2) is 31.5 Å². The summed E-state index contributed by atoms with van der Waals surface area (Å²) in [7, 11) is 0. The Morgan fingerprint density at radius 3 is 2.95 bits per heavy atom. The Kier molecular flexibility index (Phi) is 4.34. The van der Waals surface area contributed by atoms with Gasteiger partial charge in [0.2, 0.25) is 0 Å². The van der Waals surface area contributed by atoms with Gasteiger partial charge in [0, 0.05) is 6.20 Å². The van der Waals surface area contributed by atoms with Crippen molar-refractivity contribution in [3.8, 4) is 6.07 Å². The number of nitrogens with one attached hydrogen (secondary N) is 2. The maximum absolute atomic E-state index is 12.1. The topological polar surface area (TPSA) is 120 Å². The maximum Gasteiger partial charge on any atom is 0.270 e. The van der Waals surface area contributed by atoms with E-state index in [2.05, 4.69) is 30.9 Å². The number of H-pyrrole nitrogens is 1. The smallest absolute Gasteiger partial charge is 0.270 e. The van der Waals surface area contributed by atoms with Gasteiger partial charge in [0.25, 0.3) is 5.91 Å². The molecule has 1 amide bonds. The third-order valence-electron chi connectivity index (χ3n) is 2.68. The molecule has 1 atom stereocenters. The molecule has 8 heteroatoms. The lowest BCUT2D eigenvalue weighted by molar-refractivity contribution is 0.0927. The zero-order valence-corrected chi connectivity index (χ0v) is 10.9. The Labute approximate surface area is 115 Å². The summed E-state index contributed by atoms with van der Waals surface area (Å²) in [6, 6.07) is 4.69. The van der Waals surface area contributed by atoms with Gasteiger partial charge in [-0.25, -0.2) is 4.98 Å². The fraction of sp³-hybridized carbons (Fsp3) is 0.333. The summed E-state index contributed by atoms with van der Waals surface area (Å²) in [5.74, 6) is 0.103. The van der Waals surface area contributed by atoms with Gasteiger partial charge >= 0.3 is 0 Å². The van der Waals surface area contributed by atoms with E-state index in [0.717, 1.165) is 6.42 Å². The maximum atomic E-state index is 12.1. The number of nitrogens with zero attached hydrogens (tertiary/aromatic N) is 5. The Morgan fingerprint density at radius 1 is 1.55 bits per heavy atom. The summed E-state index contributed by atoms with van der Waals surface area (Å²) in [5, 5.41) is 25.1. The number of tetrazole rings is 1. The molecule has 0 bridgehead atoms. The van der Waals surface area contributed by atoms with Crippen molar-refractivity contribution in [3.63, 3.8) is 0 Å². The number of carbonyl (C=O) groups excluding carboxylic acids is 1. The number of hydrogen-bond acceptors (Lipinski definition) is 6. The molecule has 0 aliphatic heterocycles.